The molecule has 6 nitrogen and oxygen atoms in total. The first kappa shape index (κ1) is 8.96. The van der Waals surface area contributed by atoms with Gasteiger partial charge in [0.25, 0.3) is 0 Å². The molecule has 0 aromatic carbocycles. The fraction of sp³-hybridized carbons (Fsp3) is 0.778. The van der Waals surface area contributed by atoms with E-state index in [4.69, 9.17) is 5.73 Å². The maximum Gasteiger partial charge on any atom is 0.246 e. The van der Waals surface area contributed by atoms with E-state index in [1.807, 2.05) is 0 Å². The highest BCUT2D eigenvalue weighted by atomic mass is 16.3. The van der Waals surface area contributed by atoms with E-state index in [9.17, 15) is 5.11 Å². The lowest BCUT2D eigenvalue weighted by molar-refractivity contribution is 0.133. The van der Waals surface area contributed by atoms with Gasteiger partial charge in [0, 0.05) is 19.0 Å². The summed E-state index contributed by atoms with van der Waals surface area (Å²) in [6.45, 7) is 1.79. The maximum absolute atomic E-state index is 9.77. The third kappa shape index (κ3) is 1.36. The SMILES string of the molecule is Nc1nc(N2CC3CCC(O)C3C2)n[nH]1. The number of nitrogen functional groups attached to an aromatic ring is 1. The first-order valence-electron chi connectivity index (χ1n) is 5.35. The highest BCUT2D eigenvalue weighted by Crippen LogP contribution is 2.38. The van der Waals surface area contributed by atoms with E-state index < -0.39 is 0 Å². The molecule has 0 bridgehead atoms. The number of aliphatic hydroxyl groups is 1. The number of fused-ring (bicyclic) bond motifs is 1. The van der Waals surface area contributed by atoms with Crippen LogP contribution in [0.3, 0.4) is 0 Å². The molecular formula is C9H15N5O. The van der Waals surface area contributed by atoms with Crippen LogP contribution >= 0.6 is 0 Å². The lowest BCUT2D eigenvalue weighted by Crippen LogP contribution is -2.25. The molecule has 1 aromatic heterocycles. The Hall–Kier alpha value is -1.30. The lowest BCUT2D eigenvalue weighted by Gasteiger charge is -2.15. The molecule has 6 heteroatoms. The smallest absolute Gasteiger partial charge is 0.246 e. The molecule has 2 fully saturated rings. The van der Waals surface area contributed by atoms with Crippen LogP contribution in [-0.2, 0) is 0 Å². The first-order valence-corrected chi connectivity index (χ1v) is 5.35. The molecule has 2 heterocycles. The average Bonchev–Trinajstić information content (AvgIpc) is 2.84. The number of nitrogens with one attached hydrogen (secondary N) is 1. The number of anilines is 2. The van der Waals surface area contributed by atoms with Crippen molar-refractivity contribution in [3.63, 3.8) is 0 Å². The topological polar surface area (TPSA) is 91.1 Å². The molecule has 1 aliphatic carbocycles. The van der Waals surface area contributed by atoms with E-state index in [1.54, 1.807) is 0 Å². The van der Waals surface area contributed by atoms with E-state index in [-0.39, 0.29) is 6.10 Å². The largest absolute Gasteiger partial charge is 0.393 e. The van der Waals surface area contributed by atoms with Crippen molar-refractivity contribution < 1.29 is 5.11 Å². The minimum Gasteiger partial charge on any atom is -0.393 e. The van der Waals surface area contributed by atoms with Crippen LogP contribution in [0.4, 0.5) is 11.9 Å². The minimum absolute atomic E-state index is 0.142. The third-order valence-corrected chi connectivity index (χ3v) is 3.59. The van der Waals surface area contributed by atoms with Gasteiger partial charge in [0.05, 0.1) is 6.10 Å². The number of hydrogen-bond donors (Lipinski definition) is 3. The predicted molar refractivity (Wildman–Crippen MR) is 55.2 cm³/mol. The molecule has 15 heavy (non-hydrogen) atoms. The number of aliphatic hydroxyl groups excluding tert-OH is 1. The molecular weight excluding hydrogens is 194 g/mol. The first-order chi connectivity index (χ1) is 7.24. The number of nitrogens with two attached hydrogens (primary N) is 1. The van der Waals surface area contributed by atoms with Gasteiger partial charge in [-0.05, 0) is 18.8 Å². The summed E-state index contributed by atoms with van der Waals surface area (Å²) in [5.74, 6) is 2.00. The highest BCUT2D eigenvalue weighted by molar-refractivity contribution is 5.36. The molecule has 1 saturated carbocycles. The van der Waals surface area contributed by atoms with Gasteiger partial charge in [-0.1, -0.05) is 0 Å². The van der Waals surface area contributed by atoms with Gasteiger partial charge >= 0.3 is 0 Å². The Kier molecular flexibility index (Phi) is 1.85. The number of H-pyrrole nitrogens is 1. The van der Waals surface area contributed by atoms with Gasteiger partial charge in [-0.15, -0.1) is 5.10 Å². The third-order valence-electron chi connectivity index (χ3n) is 3.59. The van der Waals surface area contributed by atoms with E-state index in [0.29, 0.717) is 23.7 Å². The van der Waals surface area contributed by atoms with E-state index >= 15 is 0 Å². The Bertz CT molecular complexity index is 365. The van der Waals surface area contributed by atoms with Gasteiger partial charge in [-0.25, -0.2) is 5.10 Å². The summed E-state index contributed by atoms with van der Waals surface area (Å²) in [4.78, 5) is 6.20. The van der Waals surface area contributed by atoms with Crippen molar-refractivity contribution in [2.45, 2.75) is 18.9 Å². The zero-order chi connectivity index (χ0) is 10.4. The molecule has 2 aliphatic rings. The van der Waals surface area contributed by atoms with Crippen molar-refractivity contribution in [2.75, 3.05) is 23.7 Å². The molecule has 3 unspecified atom stereocenters. The van der Waals surface area contributed by atoms with Gasteiger partial charge in [0.1, 0.15) is 0 Å². The molecule has 1 aliphatic heterocycles. The van der Waals surface area contributed by atoms with Crippen LogP contribution in [-0.4, -0.2) is 39.5 Å². The highest BCUT2D eigenvalue weighted by Gasteiger charge is 2.42. The fourth-order valence-corrected chi connectivity index (χ4v) is 2.81. The number of nitrogens with zero attached hydrogens (tertiary/aromatic N) is 3. The van der Waals surface area contributed by atoms with Crippen LogP contribution in [0.15, 0.2) is 0 Å². The van der Waals surface area contributed by atoms with E-state index in [1.165, 1.54) is 0 Å². The summed E-state index contributed by atoms with van der Waals surface area (Å²) in [7, 11) is 0. The van der Waals surface area contributed by atoms with Crippen LogP contribution in [0, 0.1) is 11.8 Å². The zero-order valence-electron chi connectivity index (χ0n) is 8.43. The van der Waals surface area contributed by atoms with E-state index in [2.05, 4.69) is 20.1 Å². The maximum atomic E-state index is 9.77. The minimum atomic E-state index is -0.142. The second-order valence-electron chi connectivity index (χ2n) is 4.49. The van der Waals surface area contributed by atoms with Gasteiger partial charge in [0.15, 0.2) is 0 Å². The van der Waals surface area contributed by atoms with Gasteiger partial charge in [0.2, 0.25) is 11.9 Å². The standard InChI is InChI=1S/C9H15N5O/c10-8-11-9(13-12-8)14-3-5-1-2-7(15)6(5)4-14/h5-7,15H,1-4H2,(H3,10,11,12,13). The van der Waals surface area contributed by atoms with Crippen LogP contribution in [0.2, 0.25) is 0 Å². The second-order valence-corrected chi connectivity index (χ2v) is 4.49. The summed E-state index contributed by atoms with van der Waals surface area (Å²) in [5, 5.41) is 16.4. The zero-order valence-corrected chi connectivity index (χ0v) is 8.43. The average molecular weight is 209 g/mol. The number of hydrogen-bond acceptors (Lipinski definition) is 5. The summed E-state index contributed by atoms with van der Waals surface area (Å²) < 4.78 is 0. The molecule has 0 amide bonds. The number of rotatable bonds is 1. The molecule has 3 atom stereocenters. The number of aromatic amines is 1. The van der Waals surface area contributed by atoms with Crippen molar-refractivity contribution in [3.05, 3.63) is 0 Å². The molecule has 3 rings (SSSR count). The quantitative estimate of drug-likeness (QED) is 0.585. The Labute approximate surface area is 87.5 Å². The Morgan fingerprint density at radius 2 is 2.27 bits per heavy atom. The molecule has 0 spiro atoms. The van der Waals surface area contributed by atoms with Gasteiger partial charge in [-0.3, -0.25) is 0 Å². The molecule has 1 saturated heterocycles. The lowest BCUT2D eigenvalue weighted by atomic mass is 10.00. The van der Waals surface area contributed by atoms with Crippen molar-refractivity contribution in [2.24, 2.45) is 11.8 Å². The summed E-state index contributed by atoms with van der Waals surface area (Å²) >= 11 is 0. The van der Waals surface area contributed by atoms with Crippen molar-refractivity contribution in [1.29, 1.82) is 0 Å². The van der Waals surface area contributed by atoms with Crippen LogP contribution in [0.5, 0.6) is 0 Å². The van der Waals surface area contributed by atoms with Crippen LogP contribution < -0.4 is 10.6 Å². The van der Waals surface area contributed by atoms with Gasteiger partial charge in [-0.2, -0.15) is 4.98 Å². The summed E-state index contributed by atoms with van der Waals surface area (Å²) in [6.07, 6.45) is 1.91. The molecule has 0 radical (unpaired) electrons. The number of aromatic nitrogens is 3. The molecule has 82 valence electrons. The second kappa shape index (κ2) is 3.10. The monoisotopic (exact) mass is 209 g/mol. The summed E-state index contributed by atoms with van der Waals surface area (Å²) in [5.41, 5.74) is 5.48. The van der Waals surface area contributed by atoms with Crippen LogP contribution in [0.1, 0.15) is 12.8 Å². The van der Waals surface area contributed by atoms with E-state index in [0.717, 1.165) is 25.9 Å². The van der Waals surface area contributed by atoms with Gasteiger partial charge < -0.3 is 15.7 Å². The molecule has 1 aromatic rings. The van der Waals surface area contributed by atoms with Crippen molar-refractivity contribution in [1.82, 2.24) is 15.2 Å². The Morgan fingerprint density at radius 1 is 1.40 bits per heavy atom. The van der Waals surface area contributed by atoms with Crippen molar-refractivity contribution >= 4 is 11.9 Å². The predicted octanol–water partition coefficient (Wildman–Crippen LogP) is -0.406. The molecule has 4 N–H and O–H groups in total. The summed E-state index contributed by atoms with van der Waals surface area (Å²) in [6, 6.07) is 0. The Morgan fingerprint density at radius 3 is 2.93 bits per heavy atom. The van der Waals surface area contributed by atoms with Crippen molar-refractivity contribution in [3.8, 4) is 0 Å². The normalized spacial score (nSPS) is 34.7. The Balaban J connectivity index is 1.77. The fourth-order valence-electron chi connectivity index (χ4n) is 2.81. The van der Waals surface area contributed by atoms with Crippen LogP contribution in [0.25, 0.3) is 0 Å².